The summed E-state index contributed by atoms with van der Waals surface area (Å²) >= 11 is 0. The number of nitrogens with one attached hydrogen (secondary N) is 3. The predicted molar refractivity (Wildman–Crippen MR) is 127 cm³/mol. The number of urea groups is 1. The number of carbonyl (C=O) groups excluding carboxylic acids is 1. The highest BCUT2D eigenvalue weighted by molar-refractivity contribution is 5.90. The fourth-order valence-corrected chi connectivity index (χ4v) is 4.15. The fraction of sp³-hybridized carbons (Fsp3) is 0.375. The minimum Gasteiger partial charge on any atom is -0.362 e. The van der Waals surface area contributed by atoms with Crippen LogP contribution in [0.5, 0.6) is 0 Å². The molecule has 0 unspecified atom stereocenters. The molecular weight excluding hydrogens is 426 g/mol. The molecule has 0 atom stereocenters. The Morgan fingerprint density at radius 1 is 1.06 bits per heavy atom. The summed E-state index contributed by atoms with van der Waals surface area (Å²) in [5.74, 6) is 0.354. The molecule has 3 aromatic rings. The van der Waals surface area contributed by atoms with E-state index in [2.05, 4.69) is 20.9 Å². The summed E-state index contributed by atoms with van der Waals surface area (Å²) in [5, 5.41) is 9.70. The van der Waals surface area contributed by atoms with Gasteiger partial charge in [-0.1, -0.05) is 12.1 Å². The number of nitrogens with zero attached hydrogens (tertiary/aromatic N) is 3. The van der Waals surface area contributed by atoms with E-state index in [9.17, 15) is 13.6 Å². The minimum atomic E-state index is -0.801. The predicted octanol–water partition coefficient (Wildman–Crippen LogP) is 4.77. The SMILES string of the molecule is CN(C)c1nc(N[C@H]2CC[C@@H](CNC(=O)Nc3ccc(F)cc3F)CC2)nc2ccccc12. The van der Waals surface area contributed by atoms with Crippen molar-refractivity contribution >= 4 is 34.4 Å². The van der Waals surface area contributed by atoms with Gasteiger partial charge >= 0.3 is 6.03 Å². The summed E-state index contributed by atoms with van der Waals surface area (Å²) in [4.78, 5) is 23.4. The largest absolute Gasteiger partial charge is 0.362 e. The van der Waals surface area contributed by atoms with Gasteiger partial charge in [0.2, 0.25) is 5.95 Å². The second-order valence-corrected chi connectivity index (χ2v) is 8.60. The summed E-state index contributed by atoms with van der Waals surface area (Å²) in [5.41, 5.74) is 0.856. The number of anilines is 3. The van der Waals surface area contributed by atoms with Crippen LogP contribution in [0.15, 0.2) is 42.5 Å². The minimum absolute atomic E-state index is 0.0470. The number of hydrogen-bond acceptors (Lipinski definition) is 5. The summed E-state index contributed by atoms with van der Waals surface area (Å²) in [6.07, 6.45) is 3.76. The van der Waals surface area contributed by atoms with Crippen LogP contribution in [0.3, 0.4) is 0 Å². The van der Waals surface area contributed by atoms with Crippen LogP contribution in [-0.4, -0.2) is 42.7 Å². The van der Waals surface area contributed by atoms with Gasteiger partial charge in [-0.05, 0) is 55.9 Å². The van der Waals surface area contributed by atoms with Crippen molar-refractivity contribution in [3.8, 4) is 0 Å². The Morgan fingerprint density at radius 3 is 2.55 bits per heavy atom. The zero-order valence-electron chi connectivity index (χ0n) is 18.7. The number of halogens is 2. The fourth-order valence-electron chi connectivity index (χ4n) is 4.15. The first-order valence-electron chi connectivity index (χ1n) is 11.1. The first-order chi connectivity index (χ1) is 15.9. The van der Waals surface area contributed by atoms with Gasteiger partial charge in [0, 0.05) is 38.1 Å². The molecule has 7 nitrogen and oxygen atoms in total. The van der Waals surface area contributed by atoms with E-state index >= 15 is 0 Å². The summed E-state index contributed by atoms with van der Waals surface area (Å²) in [7, 11) is 3.94. The lowest BCUT2D eigenvalue weighted by Gasteiger charge is -2.29. The van der Waals surface area contributed by atoms with Gasteiger partial charge in [-0.15, -0.1) is 0 Å². The standard InChI is InChI=1S/C24H28F2N6O/c1-32(2)22-18-5-3-4-6-20(18)29-23(31-22)28-17-10-7-15(8-11-17)14-27-24(33)30-21-12-9-16(25)13-19(21)26/h3-6,9,12-13,15,17H,7-8,10-11,14H2,1-2H3,(H2,27,30,33)(H,28,29,31)/t15-,17+. The average molecular weight is 455 g/mol. The zero-order valence-corrected chi connectivity index (χ0v) is 18.7. The molecule has 1 aliphatic rings. The number of rotatable bonds is 6. The van der Waals surface area contributed by atoms with E-state index in [1.165, 1.54) is 6.07 Å². The molecule has 0 bridgehead atoms. The Kier molecular flexibility index (Phi) is 6.86. The number of carbonyl (C=O) groups is 1. The molecule has 0 radical (unpaired) electrons. The Hall–Kier alpha value is -3.49. The quantitative estimate of drug-likeness (QED) is 0.500. The normalized spacial score (nSPS) is 18.1. The van der Waals surface area contributed by atoms with E-state index in [1.807, 2.05) is 43.3 Å². The van der Waals surface area contributed by atoms with Crippen LogP contribution in [0.25, 0.3) is 10.9 Å². The van der Waals surface area contributed by atoms with Crippen LogP contribution in [-0.2, 0) is 0 Å². The van der Waals surface area contributed by atoms with Crippen molar-refractivity contribution in [1.29, 1.82) is 0 Å². The van der Waals surface area contributed by atoms with Gasteiger partial charge in [-0.2, -0.15) is 4.98 Å². The van der Waals surface area contributed by atoms with Crippen molar-refractivity contribution in [1.82, 2.24) is 15.3 Å². The highest BCUT2D eigenvalue weighted by atomic mass is 19.1. The van der Waals surface area contributed by atoms with Crippen LogP contribution < -0.4 is 20.9 Å². The molecule has 33 heavy (non-hydrogen) atoms. The van der Waals surface area contributed by atoms with Gasteiger partial charge in [-0.25, -0.2) is 18.6 Å². The Bertz CT molecular complexity index is 1130. The van der Waals surface area contributed by atoms with Crippen LogP contribution in [0, 0.1) is 17.6 Å². The maximum atomic E-state index is 13.7. The second kappa shape index (κ2) is 9.97. The van der Waals surface area contributed by atoms with E-state index in [4.69, 9.17) is 4.98 Å². The lowest BCUT2D eigenvalue weighted by molar-refractivity contribution is 0.246. The number of aromatic nitrogens is 2. The molecule has 9 heteroatoms. The van der Waals surface area contributed by atoms with Crippen LogP contribution >= 0.6 is 0 Å². The third-order valence-electron chi connectivity index (χ3n) is 5.92. The molecule has 3 N–H and O–H groups in total. The smallest absolute Gasteiger partial charge is 0.319 e. The Labute approximate surface area is 191 Å². The van der Waals surface area contributed by atoms with Crippen molar-refractivity contribution in [2.24, 2.45) is 5.92 Å². The first kappa shape index (κ1) is 22.7. The number of amides is 2. The van der Waals surface area contributed by atoms with E-state index in [-0.39, 0.29) is 11.7 Å². The number of benzene rings is 2. The maximum absolute atomic E-state index is 13.7. The molecule has 0 spiro atoms. The molecule has 4 rings (SSSR count). The monoisotopic (exact) mass is 454 g/mol. The molecule has 2 aromatic carbocycles. The third-order valence-corrected chi connectivity index (χ3v) is 5.92. The molecule has 174 valence electrons. The number of hydrogen-bond donors (Lipinski definition) is 3. The van der Waals surface area contributed by atoms with Gasteiger partial charge in [0.25, 0.3) is 0 Å². The lowest BCUT2D eigenvalue weighted by Crippen LogP contribution is -2.36. The summed E-state index contributed by atoms with van der Waals surface area (Å²) < 4.78 is 26.7. The second-order valence-electron chi connectivity index (χ2n) is 8.60. The van der Waals surface area contributed by atoms with Crippen LogP contribution in [0.1, 0.15) is 25.7 Å². The molecule has 0 aliphatic heterocycles. The van der Waals surface area contributed by atoms with Crippen molar-refractivity contribution in [2.75, 3.05) is 36.2 Å². The molecule has 1 saturated carbocycles. The van der Waals surface area contributed by atoms with Crippen LogP contribution in [0.4, 0.5) is 31.0 Å². The van der Waals surface area contributed by atoms with E-state index in [1.54, 1.807) is 0 Å². The average Bonchev–Trinajstić information content (AvgIpc) is 2.80. The van der Waals surface area contributed by atoms with Crippen molar-refractivity contribution < 1.29 is 13.6 Å². The third kappa shape index (κ3) is 5.66. The van der Waals surface area contributed by atoms with Gasteiger partial charge in [0.1, 0.15) is 17.5 Å². The van der Waals surface area contributed by atoms with Crippen LogP contribution in [0.2, 0.25) is 0 Å². The molecule has 1 aliphatic carbocycles. The Balaban J connectivity index is 1.27. The highest BCUT2D eigenvalue weighted by Gasteiger charge is 2.23. The van der Waals surface area contributed by atoms with E-state index in [0.717, 1.165) is 54.5 Å². The first-order valence-corrected chi connectivity index (χ1v) is 11.1. The molecule has 2 amide bonds. The van der Waals surface area contributed by atoms with Crippen molar-refractivity contribution in [3.05, 3.63) is 54.1 Å². The molecule has 1 aromatic heterocycles. The number of para-hydroxylation sites is 1. The van der Waals surface area contributed by atoms with Crippen molar-refractivity contribution in [3.63, 3.8) is 0 Å². The van der Waals surface area contributed by atoms with Gasteiger partial charge in [0.15, 0.2) is 0 Å². The topological polar surface area (TPSA) is 82.2 Å². The molecule has 1 fully saturated rings. The summed E-state index contributed by atoms with van der Waals surface area (Å²) in [6.45, 7) is 0.499. The van der Waals surface area contributed by atoms with E-state index in [0.29, 0.717) is 18.4 Å². The van der Waals surface area contributed by atoms with E-state index < -0.39 is 17.7 Å². The Morgan fingerprint density at radius 2 is 1.82 bits per heavy atom. The lowest BCUT2D eigenvalue weighted by atomic mass is 9.86. The molecule has 1 heterocycles. The van der Waals surface area contributed by atoms with Gasteiger partial charge in [0.05, 0.1) is 11.2 Å². The number of fused-ring (bicyclic) bond motifs is 1. The maximum Gasteiger partial charge on any atom is 0.319 e. The molecule has 0 saturated heterocycles. The highest BCUT2D eigenvalue weighted by Crippen LogP contribution is 2.28. The van der Waals surface area contributed by atoms with Crippen molar-refractivity contribution in [2.45, 2.75) is 31.7 Å². The summed E-state index contributed by atoms with van der Waals surface area (Å²) in [6, 6.07) is 10.8. The zero-order chi connectivity index (χ0) is 23.4. The molecular formula is C24H28F2N6O. The van der Waals surface area contributed by atoms with Gasteiger partial charge in [-0.3, -0.25) is 0 Å². The van der Waals surface area contributed by atoms with Gasteiger partial charge < -0.3 is 20.9 Å².